The number of likely N-dealkylation sites (tertiary alicyclic amines) is 1. The van der Waals surface area contributed by atoms with Gasteiger partial charge in [0, 0.05) is 46.1 Å². The van der Waals surface area contributed by atoms with Gasteiger partial charge in [-0.15, -0.1) is 0 Å². The first kappa shape index (κ1) is 19.6. The molecule has 1 fully saturated rings. The van der Waals surface area contributed by atoms with Crippen molar-refractivity contribution in [2.75, 3.05) is 46.8 Å². The van der Waals surface area contributed by atoms with Crippen LogP contribution in [0.3, 0.4) is 0 Å². The van der Waals surface area contributed by atoms with Crippen LogP contribution in [0.2, 0.25) is 0 Å². The summed E-state index contributed by atoms with van der Waals surface area (Å²) in [5, 5.41) is 3.50. The van der Waals surface area contributed by atoms with Crippen LogP contribution in [0.25, 0.3) is 0 Å². The third-order valence-electron chi connectivity index (χ3n) is 4.67. The molecule has 1 aliphatic rings. The average Bonchev–Trinajstić information content (AvgIpc) is 2.65. The molecule has 0 unspecified atom stereocenters. The molecule has 5 heteroatoms. The van der Waals surface area contributed by atoms with Crippen LogP contribution in [-0.2, 0) is 0 Å². The lowest BCUT2D eigenvalue weighted by Crippen LogP contribution is -2.48. The lowest BCUT2D eigenvalue weighted by molar-refractivity contribution is 0.129. The fraction of sp³-hybridized carbons (Fsp3) is 0.650. The second-order valence-electron chi connectivity index (χ2n) is 6.75. The van der Waals surface area contributed by atoms with Gasteiger partial charge in [0.25, 0.3) is 0 Å². The van der Waals surface area contributed by atoms with Crippen LogP contribution in [0.15, 0.2) is 35.3 Å². The van der Waals surface area contributed by atoms with Gasteiger partial charge in [0.05, 0.1) is 0 Å². The third-order valence-corrected chi connectivity index (χ3v) is 4.67. The molecule has 1 saturated heterocycles. The molecule has 0 bridgehead atoms. The van der Waals surface area contributed by atoms with Gasteiger partial charge in [-0.25, -0.2) is 0 Å². The first-order valence-corrected chi connectivity index (χ1v) is 9.58. The highest BCUT2D eigenvalue weighted by Crippen LogP contribution is 2.18. The molecule has 0 radical (unpaired) electrons. The standard InChI is InChI=1S/C20H34N4O/c1-4-5-14-23(3)17-13-22-20(21-2)24-15-11-19(12-16-24)25-18-9-7-6-8-10-18/h6-10,19H,4-5,11-17H2,1-3H3,(H,21,22). The van der Waals surface area contributed by atoms with Crippen molar-refractivity contribution in [3.8, 4) is 5.75 Å². The van der Waals surface area contributed by atoms with Gasteiger partial charge in [-0.1, -0.05) is 31.5 Å². The van der Waals surface area contributed by atoms with Crippen molar-refractivity contribution in [3.05, 3.63) is 30.3 Å². The first-order chi connectivity index (χ1) is 12.2. The number of nitrogens with zero attached hydrogens (tertiary/aromatic N) is 3. The number of aliphatic imine (C=N–C) groups is 1. The van der Waals surface area contributed by atoms with Gasteiger partial charge in [-0.3, -0.25) is 4.99 Å². The lowest BCUT2D eigenvalue weighted by atomic mass is 10.1. The molecule has 0 atom stereocenters. The van der Waals surface area contributed by atoms with Crippen molar-refractivity contribution >= 4 is 5.96 Å². The van der Waals surface area contributed by atoms with Crippen molar-refractivity contribution in [2.45, 2.75) is 38.7 Å². The van der Waals surface area contributed by atoms with Crippen molar-refractivity contribution in [1.82, 2.24) is 15.1 Å². The molecule has 5 nitrogen and oxygen atoms in total. The predicted octanol–water partition coefficient (Wildman–Crippen LogP) is 2.84. The van der Waals surface area contributed by atoms with Gasteiger partial charge >= 0.3 is 0 Å². The van der Waals surface area contributed by atoms with E-state index in [1.54, 1.807) is 0 Å². The molecule has 140 valence electrons. The molecule has 1 heterocycles. The van der Waals surface area contributed by atoms with Crippen molar-refractivity contribution in [1.29, 1.82) is 0 Å². The normalized spacial score (nSPS) is 16.3. The van der Waals surface area contributed by atoms with Crippen LogP contribution in [0.5, 0.6) is 5.75 Å². The molecule has 1 aliphatic heterocycles. The maximum Gasteiger partial charge on any atom is 0.193 e. The molecule has 0 aliphatic carbocycles. The highest BCUT2D eigenvalue weighted by molar-refractivity contribution is 5.79. The zero-order valence-electron chi connectivity index (χ0n) is 16.1. The monoisotopic (exact) mass is 346 g/mol. The number of para-hydroxylation sites is 1. The Morgan fingerprint density at radius 1 is 1.24 bits per heavy atom. The van der Waals surface area contributed by atoms with Gasteiger partial charge in [0.1, 0.15) is 11.9 Å². The van der Waals surface area contributed by atoms with E-state index in [4.69, 9.17) is 4.74 Å². The van der Waals surface area contributed by atoms with Gasteiger partial charge < -0.3 is 19.9 Å². The molecule has 25 heavy (non-hydrogen) atoms. The van der Waals surface area contributed by atoms with E-state index in [-0.39, 0.29) is 0 Å². The number of benzene rings is 1. The van der Waals surface area contributed by atoms with E-state index in [1.165, 1.54) is 19.4 Å². The summed E-state index contributed by atoms with van der Waals surface area (Å²) in [6, 6.07) is 10.1. The molecule has 1 aromatic rings. The molecule has 0 amide bonds. The summed E-state index contributed by atoms with van der Waals surface area (Å²) in [4.78, 5) is 9.17. The fourth-order valence-electron chi connectivity index (χ4n) is 3.11. The Morgan fingerprint density at radius 2 is 1.96 bits per heavy atom. The van der Waals surface area contributed by atoms with E-state index >= 15 is 0 Å². The number of piperidine rings is 1. The minimum Gasteiger partial charge on any atom is -0.490 e. The Morgan fingerprint density at radius 3 is 2.60 bits per heavy atom. The highest BCUT2D eigenvalue weighted by Gasteiger charge is 2.22. The topological polar surface area (TPSA) is 40.1 Å². The minimum atomic E-state index is 0.303. The first-order valence-electron chi connectivity index (χ1n) is 9.58. The summed E-state index contributed by atoms with van der Waals surface area (Å²) in [5.74, 6) is 1.99. The van der Waals surface area contributed by atoms with Crippen LogP contribution >= 0.6 is 0 Å². The molecule has 0 saturated carbocycles. The molecular formula is C20H34N4O. The highest BCUT2D eigenvalue weighted by atomic mass is 16.5. The van der Waals surface area contributed by atoms with Crippen LogP contribution in [0.1, 0.15) is 32.6 Å². The van der Waals surface area contributed by atoms with Gasteiger partial charge in [0.2, 0.25) is 0 Å². The SMILES string of the molecule is CCCCN(C)CCNC(=NC)N1CCC(Oc2ccccc2)CC1. The van der Waals surface area contributed by atoms with Crippen molar-refractivity contribution in [2.24, 2.45) is 4.99 Å². The Kier molecular flexibility index (Phi) is 8.60. The average molecular weight is 347 g/mol. The molecular weight excluding hydrogens is 312 g/mol. The zero-order chi connectivity index (χ0) is 17.9. The second-order valence-corrected chi connectivity index (χ2v) is 6.75. The lowest BCUT2D eigenvalue weighted by Gasteiger charge is -2.34. The van der Waals surface area contributed by atoms with Crippen LogP contribution < -0.4 is 10.1 Å². The molecule has 2 rings (SSSR count). The summed E-state index contributed by atoms with van der Waals surface area (Å²) < 4.78 is 6.07. The maximum atomic E-state index is 6.07. The quantitative estimate of drug-likeness (QED) is 0.580. The second kappa shape index (κ2) is 11.0. The molecule has 1 aromatic carbocycles. The number of hydrogen-bond donors (Lipinski definition) is 1. The smallest absolute Gasteiger partial charge is 0.193 e. The van der Waals surface area contributed by atoms with Crippen LogP contribution in [-0.4, -0.2) is 68.7 Å². The minimum absolute atomic E-state index is 0.303. The Hall–Kier alpha value is -1.75. The van der Waals surface area contributed by atoms with Gasteiger partial charge in [-0.05, 0) is 32.1 Å². The van der Waals surface area contributed by atoms with Crippen molar-refractivity contribution in [3.63, 3.8) is 0 Å². The van der Waals surface area contributed by atoms with Crippen LogP contribution in [0.4, 0.5) is 0 Å². The third kappa shape index (κ3) is 6.94. The van der Waals surface area contributed by atoms with E-state index in [0.717, 1.165) is 50.7 Å². The summed E-state index contributed by atoms with van der Waals surface area (Å²) in [6.45, 7) is 7.36. The zero-order valence-corrected chi connectivity index (χ0v) is 16.1. The predicted molar refractivity (Wildman–Crippen MR) is 105 cm³/mol. The van der Waals surface area contributed by atoms with E-state index in [9.17, 15) is 0 Å². The van der Waals surface area contributed by atoms with Gasteiger partial charge in [-0.2, -0.15) is 0 Å². The number of ether oxygens (including phenoxy) is 1. The Labute approximate surface area is 153 Å². The van der Waals surface area contributed by atoms with E-state index < -0.39 is 0 Å². The van der Waals surface area contributed by atoms with E-state index in [2.05, 4.69) is 34.1 Å². The Bertz CT molecular complexity index is 498. The summed E-state index contributed by atoms with van der Waals surface area (Å²) in [5.41, 5.74) is 0. The molecule has 1 N–H and O–H groups in total. The largest absolute Gasteiger partial charge is 0.490 e. The number of rotatable bonds is 8. The maximum absolute atomic E-state index is 6.07. The number of likely N-dealkylation sites (N-methyl/N-ethyl adjacent to an activating group) is 1. The fourth-order valence-corrected chi connectivity index (χ4v) is 3.11. The number of hydrogen-bond acceptors (Lipinski definition) is 3. The molecule has 0 aromatic heterocycles. The van der Waals surface area contributed by atoms with Crippen molar-refractivity contribution < 1.29 is 4.74 Å². The Balaban J connectivity index is 1.69. The summed E-state index contributed by atoms with van der Waals surface area (Å²) >= 11 is 0. The summed E-state index contributed by atoms with van der Waals surface area (Å²) in [7, 11) is 4.06. The number of guanidine groups is 1. The van der Waals surface area contributed by atoms with E-state index in [1.807, 2.05) is 37.4 Å². The summed E-state index contributed by atoms with van der Waals surface area (Å²) in [6.07, 6.45) is 4.88. The van der Waals surface area contributed by atoms with Crippen LogP contribution in [0, 0.1) is 0 Å². The van der Waals surface area contributed by atoms with E-state index in [0.29, 0.717) is 6.10 Å². The number of nitrogens with one attached hydrogen (secondary N) is 1. The number of unbranched alkanes of at least 4 members (excludes halogenated alkanes) is 1. The molecule has 0 spiro atoms. The van der Waals surface area contributed by atoms with Gasteiger partial charge in [0.15, 0.2) is 5.96 Å².